The van der Waals surface area contributed by atoms with Crippen LogP contribution in [0.4, 0.5) is 0 Å². The molecule has 98 valence electrons. The number of ether oxygens (including phenoxy) is 2. The average molecular weight is 251 g/mol. The molecule has 1 aromatic rings. The predicted octanol–water partition coefficient (Wildman–Crippen LogP) is 0.729. The third kappa shape index (κ3) is 3.41. The first-order valence-electron chi connectivity index (χ1n) is 5.88. The van der Waals surface area contributed by atoms with E-state index in [0.29, 0.717) is 24.8 Å². The van der Waals surface area contributed by atoms with Crippen LogP contribution in [0.3, 0.4) is 0 Å². The van der Waals surface area contributed by atoms with Crippen molar-refractivity contribution in [1.82, 2.24) is 4.98 Å². The van der Waals surface area contributed by atoms with Gasteiger partial charge in [0.2, 0.25) is 0 Å². The Kier molecular flexibility index (Phi) is 4.49. The molecule has 2 heterocycles. The molecule has 6 nitrogen and oxygen atoms in total. The highest BCUT2D eigenvalue weighted by Gasteiger charge is 2.15. The van der Waals surface area contributed by atoms with E-state index < -0.39 is 0 Å². The Morgan fingerprint density at radius 3 is 3.28 bits per heavy atom. The normalized spacial score (nSPS) is 20.2. The van der Waals surface area contributed by atoms with Gasteiger partial charge in [0.05, 0.1) is 19.8 Å². The van der Waals surface area contributed by atoms with Crippen molar-refractivity contribution in [1.29, 1.82) is 0 Å². The van der Waals surface area contributed by atoms with Crippen LogP contribution >= 0.6 is 0 Å². The van der Waals surface area contributed by atoms with E-state index in [4.69, 9.17) is 20.4 Å². The van der Waals surface area contributed by atoms with Crippen molar-refractivity contribution in [3.8, 4) is 0 Å². The van der Waals surface area contributed by atoms with Gasteiger partial charge < -0.3 is 20.4 Å². The number of amidine groups is 1. The smallest absolute Gasteiger partial charge is 0.188 e. The average Bonchev–Trinajstić information content (AvgIpc) is 2.91. The third-order valence-corrected chi connectivity index (χ3v) is 2.84. The van der Waals surface area contributed by atoms with E-state index in [9.17, 15) is 0 Å². The van der Waals surface area contributed by atoms with Gasteiger partial charge in [-0.05, 0) is 24.1 Å². The van der Waals surface area contributed by atoms with Crippen LogP contribution in [0.1, 0.15) is 17.7 Å². The van der Waals surface area contributed by atoms with Crippen LogP contribution in [0, 0.1) is 5.92 Å². The van der Waals surface area contributed by atoms with Crippen molar-refractivity contribution < 1.29 is 14.7 Å². The number of oxime groups is 1. The minimum absolute atomic E-state index is 0.000966. The molecule has 1 atom stereocenters. The van der Waals surface area contributed by atoms with Crippen molar-refractivity contribution in [2.75, 3.05) is 19.8 Å². The van der Waals surface area contributed by atoms with Gasteiger partial charge in [-0.3, -0.25) is 4.98 Å². The molecular weight excluding hydrogens is 234 g/mol. The second kappa shape index (κ2) is 6.32. The molecular formula is C12H17N3O3. The standard InChI is InChI=1S/C12H17N3O3/c13-12(15-16)11-5-9(1-3-14-11)6-18-8-10-2-4-17-7-10/h1,3,5,10,16H,2,4,6-8H2,(H2,13,15). The number of pyridine rings is 1. The maximum atomic E-state index is 8.58. The SMILES string of the molecule is NC(=NO)c1cc(COCC2CCOC2)ccn1. The zero-order valence-corrected chi connectivity index (χ0v) is 10.1. The number of hydrogen-bond donors (Lipinski definition) is 2. The summed E-state index contributed by atoms with van der Waals surface area (Å²) in [4.78, 5) is 4.00. The molecule has 18 heavy (non-hydrogen) atoms. The van der Waals surface area contributed by atoms with Crippen molar-refractivity contribution in [3.05, 3.63) is 29.6 Å². The predicted molar refractivity (Wildman–Crippen MR) is 65.3 cm³/mol. The number of rotatable bonds is 5. The molecule has 1 aliphatic rings. The molecule has 0 radical (unpaired) electrons. The summed E-state index contributed by atoms with van der Waals surface area (Å²) in [5.74, 6) is 0.497. The summed E-state index contributed by atoms with van der Waals surface area (Å²) in [6.45, 7) is 2.80. The molecule has 0 bridgehead atoms. The highest BCUT2D eigenvalue weighted by molar-refractivity contribution is 5.95. The summed E-state index contributed by atoms with van der Waals surface area (Å²) in [6.07, 6.45) is 2.68. The minimum Gasteiger partial charge on any atom is -0.409 e. The topological polar surface area (TPSA) is 90.0 Å². The van der Waals surface area contributed by atoms with E-state index >= 15 is 0 Å². The fraction of sp³-hybridized carbons (Fsp3) is 0.500. The van der Waals surface area contributed by atoms with E-state index in [1.54, 1.807) is 12.3 Å². The molecule has 1 unspecified atom stereocenters. The summed E-state index contributed by atoms with van der Waals surface area (Å²) in [6, 6.07) is 3.60. The maximum absolute atomic E-state index is 8.58. The van der Waals surface area contributed by atoms with Crippen LogP contribution < -0.4 is 5.73 Å². The molecule has 2 rings (SSSR count). The molecule has 0 saturated carbocycles. The van der Waals surface area contributed by atoms with Gasteiger partial charge >= 0.3 is 0 Å². The maximum Gasteiger partial charge on any atom is 0.188 e. The van der Waals surface area contributed by atoms with E-state index in [0.717, 1.165) is 25.2 Å². The van der Waals surface area contributed by atoms with Crippen molar-refractivity contribution in [2.45, 2.75) is 13.0 Å². The van der Waals surface area contributed by atoms with Crippen molar-refractivity contribution in [3.63, 3.8) is 0 Å². The summed E-state index contributed by atoms with van der Waals surface area (Å²) >= 11 is 0. The first kappa shape index (κ1) is 12.8. The molecule has 1 aromatic heterocycles. The lowest BCUT2D eigenvalue weighted by atomic mass is 10.1. The number of aromatic nitrogens is 1. The molecule has 1 saturated heterocycles. The third-order valence-electron chi connectivity index (χ3n) is 2.84. The number of nitrogens with two attached hydrogens (primary N) is 1. The van der Waals surface area contributed by atoms with Crippen molar-refractivity contribution in [2.24, 2.45) is 16.8 Å². The Labute approximate surface area is 105 Å². The van der Waals surface area contributed by atoms with Gasteiger partial charge in [0.15, 0.2) is 5.84 Å². The highest BCUT2D eigenvalue weighted by atomic mass is 16.5. The minimum atomic E-state index is 0.000966. The summed E-state index contributed by atoms with van der Waals surface area (Å²) in [5, 5.41) is 11.5. The van der Waals surface area contributed by atoms with Gasteiger partial charge in [0.1, 0.15) is 5.69 Å². The van der Waals surface area contributed by atoms with Gasteiger partial charge in [-0.25, -0.2) is 0 Å². The molecule has 0 spiro atoms. The highest BCUT2D eigenvalue weighted by Crippen LogP contribution is 2.13. The van der Waals surface area contributed by atoms with Crippen LogP contribution in [0.15, 0.2) is 23.5 Å². The lowest BCUT2D eigenvalue weighted by Gasteiger charge is -2.09. The molecule has 0 aromatic carbocycles. The largest absolute Gasteiger partial charge is 0.409 e. The lowest BCUT2D eigenvalue weighted by Crippen LogP contribution is -2.15. The first-order valence-corrected chi connectivity index (χ1v) is 5.88. The molecule has 0 aliphatic carbocycles. The van der Waals surface area contributed by atoms with Crippen LogP contribution in [0.25, 0.3) is 0 Å². The lowest BCUT2D eigenvalue weighted by molar-refractivity contribution is 0.0791. The van der Waals surface area contributed by atoms with Gasteiger partial charge in [-0.2, -0.15) is 0 Å². The molecule has 3 N–H and O–H groups in total. The van der Waals surface area contributed by atoms with Crippen LogP contribution in [0.5, 0.6) is 0 Å². The van der Waals surface area contributed by atoms with Gasteiger partial charge in [0.25, 0.3) is 0 Å². The molecule has 1 aliphatic heterocycles. The second-order valence-electron chi connectivity index (χ2n) is 4.28. The Morgan fingerprint density at radius 2 is 2.56 bits per heavy atom. The Bertz CT molecular complexity index is 417. The van der Waals surface area contributed by atoms with Gasteiger partial charge in [-0.15, -0.1) is 0 Å². The number of nitrogens with zero attached hydrogens (tertiary/aromatic N) is 2. The van der Waals surface area contributed by atoms with E-state index in [2.05, 4.69) is 10.1 Å². The summed E-state index contributed by atoms with van der Waals surface area (Å²) in [5.41, 5.74) is 6.87. The second-order valence-corrected chi connectivity index (χ2v) is 4.28. The quantitative estimate of drug-likeness (QED) is 0.348. The van der Waals surface area contributed by atoms with Gasteiger partial charge in [-0.1, -0.05) is 5.16 Å². The zero-order chi connectivity index (χ0) is 12.8. The molecule has 6 heteroatoms. The van der Waals surface area contributed by atoms with E-state index in [1.165, 1.54) is 0 Å². The van der Waals surface area contributed by atoms with E-state index in [1.807, 2.05) is 6.07 Å². The molecule has 0 amide bonds. The Balaban J connectivity index is 1.85. The van der Waals surface area contributed by atoms with Crippen LogP contribution in [0.2, 0.25) is 0 Å². The Morgan fingerprint density at radius 1 is 1.67 bits per heavy atom. The number of hydrogen-bond acceptors (Lipinski definition) is 5. The fourth-order valence-electron chi connectivity index (χ4n) is 1.81. The Hall–Kier alpha value is -1.66. The van der Waals surface area contributed by atoms with Crippen molar-refractivity contribution >= 4 is 5.84 Å². The summed E-state index contributed by atoms with van der Waals surface area (Å²) < 4.78 is 10.9. The fourth-order valence-corrected chi connectivity index (χ4v) is 1.81. The first-order chi connectivity index (χ1) is 8.79. The van der Waals surface area contributed by atoms with Crippen LogP contribution in [-0.4, -0.2) is 35.8 Å². The molecule has 1 fully saturated rings. The van der Waals surface area contributed by atoms with Gasteiger partial charge in [0, 0.05) is 18.7 Å². The zero-order valence-electron chi connectivity index (χ0n) is 10.1. The van der Waals surface area contributed by atoms with Crippen LogP contribution in [-0.2, 0) is 16.1 Å². The summed E-state index contributed by atoms with van der Waals surface area (Å²) in [7, 11) is 0. The monoisotopic (exact) mass is 251 g/mol. The van der Waals surface area contributed by atoms with E-state index in [-0.39, 0.29) is 5.84 Å².